The molecular weight excluding hydrogens is 267 g/mol. The Bertz CT molecular complexity index is 590. The monoisotopic (exact) mass is 274 g/mol. The van der Waals surface area contributed by atoms with Crippen LogP contribution in [0, 0.1) is 0 Å². The second-order valence-corrected chi connectivity index (χ2v) is 5.31. The van der Waals surface area contributed by atoms with E-state index in [9.17, 15) is 9.67 Å². The lowest BCUT2D eigenvalue weighted by Crippen LogP contribution is -2.01. The van der Waals surface area contributed by atoms with Crippen LogP contribution in [0.3, 0.4) is 0 Å². The van der Waals surface area contributed by atoms with Crippen LogP contribution in [0.5, 0.6) is 5.88 Å². The lowest BCUT2D eigenvalue weighted by molar-refractivity contribution is 0.384. The predicted molar refractivity (Wildman–Crippen MR) is 61.9 cm³/mol. The van der Waals surface area contributed by atoms with Crippen molar-refractivity contribution in [2.24, 2.45) is 0 Å². The van der Waals surface area contributed by atoms with Crippen molar-refractivity contribution >= 4 is 24.5 Å². The van der Waals surface area contributed by atoms with Gasteiger partial charge < -0.3 is 14.9 Å². The van der Waals surface area contributed by atoms with Crippen molar-refractivity contribution in [1.82, 2.24) is 9.78 Å². The SMILES string of the molecule is O=P(O)(O)c1cn(-c2ccc(Cl)cc2)nc1O. The van der Waals surface area contributed by atoms with Gasteiger partial charge in [-0.1, -0.05) is 11.6 Å². The van der Waals surface area contributed by atoms with Crippen molar-refractivity contribution in [3.05, 3.63) is 35.5 Å². The summed E-state index contributed by atoms with van der Waals surface area (Å²) < 4.78 is 12.2. The molecule has 2 aromatic rings. The molecule has 17 heavy (non-hydrogen) atoms. The molecule has 0 aliphatic rings. The van der Waals surface area contributed by atoms with E-state index >= 15 is 0 Å². The molecule has 0 saturated carbocycles. The van der Waals surface area contributed by atoms with Crippen molar-refractivity contribution in [2.45, 2.75) is 0 Å². The summed E-state index contributed by atoms with van der Waals surface area (Å²) in [6.07, 6.45) is 1.08. The Morgan fingerprint density at radius 2 is 1.82 bits per heavy atom. The van der Waals surface area contributed by atoms with Crippen molar-refractivity contribution in [3.8, 4) is 11.6 Å². The highest BCUT2D eigenvalue weighted by Gasteiger charge is 2.25. The molecule has 1 heterocycles. The van der Waals surface area contributed by atoms with E-state index in [1.54, 1.807) is 24.3 Å². The highest BCUT2D eigenvalue weighted by Crippen LogP contribution is 2.36. The zero-order valence-corrected chi connectivity index (χ0v) is 10.0. The van der Waals surface area contributed by atoms with E-state index in [0.717, 1.165) is 6.20 Å². The summed E-state index contributed by atoms with van der Waals surface area (Å²) in [4.78, 5) is 17.9. The lowest BCUT2D eigenvalue weighted by atomic mass is 10.3. The number of aromatic hydroxyl groups is 1. The third-order valence-corrected chi connectivity index (χ3v) is 3.28. The molecule has 1 aromatic carbocycles. The number of halogens is 1. The molecule has 90 valence electrons. The van der Waals surface area contributed by atoms with Crippen LogP contribution in [0.25, 0.3) is 5.69 Å². The van der Waals surface area contributed by atoms with Crippen LogP contribution >= 0.6 is 19.2 Å². The van der Waals surface area contributed by atoms with E-state index in [4.69, 9.17) is 21.4 Å². The molecular formula is C9H8ClN2O4P. The Labute approximate surface area is 101 Å². The molecule has 0 saturated heterocycles. The van der Waals surface area contributed by atoms with Crippen LogP contribution in [0.4, 0.5) is 0 Å². The van der Waals surface area contributed by atoms with Gasteiger partial charge in [0.15, 0.2) is 0 Å². The fourth-order valence-corrected chi connectivity index (χ4v) is 1.98. The summed E-state index contributed by atoms with van der Waals surface area (Å²) in [5.41, 5.74) is 0.532. The standard InChI is InChI=1S/C9H8ClN2O4P/c10-6-1-3-7(4-2-6)12-5-8(9(13)11-12)17(14,15)16/h1-5H,(H,11,13)(H2,14,15,16). The lowest BCUT2D eigenvalue weighted by Gasteiger charge is -2.00. The van der Waals surface area contributed by atoms with Crippen molar-refractivity contribution in [3.63, 3.8) is 0 Å². The minimum Gasteiger partial charge on any atom is -0.492 e. The zero-order valence-electron chi connectivity index (χ0n) is 8.36. The average Bonchev–Trinajstić information content (AvgIpc) is 2.61. The molecule has 0 radical (unpaired) electrons. The van der Waals surface area contributed by atoms with E-state index in [-0.39, 0.29) is 0 Å². The van der Waals surface area contributed by atoms with Crippen molar-refractivity contribution in [2.75, 3.05) is 0 Å². The van der Waals surface area contributed by atoms with E-state index in [2.05, 4.69) is 5.10 Å². The number of rotatable bonds is 2. The molecule has 0 aliphatic heterocycles. The fourth-order valence-electron chi connectivity index (χ4n) is 1.29. The van der Waals surface area contributed by atoms with Gasteiger partial charge in [0.1, 0.15) is 5.30 Å². The Kier molecular flexibility index (Phi) is 2.97. The molecule has 0 unspecified atom stereocenters. The maximum Gasteiger partial charge on any atom is 0.363 e. The Morgan fingerprint density at radius 3 is 2.29 bits per heavy atom. The van der Waals surface area contributed by atoms with E-state index in [1.807, 2.05) is 0 Å². The zero-order chi connectivity index (χ0) is 12.6. The first kappa shape index (κ1) is 12.1. The summed E-state index contributed by atoms with van der Waals surface area (Å²) in [6, 6.07) is 6.43. The fraction of sp³-hybridized carbons (Fsp3) is 0. The van der Waals surface area contributed by atoms with Gasteiger partial charge in [0, 0.05) is 5.02 Å². The summed E-state index contributed by atoms with van der Waals surface area (Å²) in [5.74, 6) is -0.687. The smallest absolute Gasteiger partial charge is 0.363 e. The largest absolute Gasteiger partial charge is 0.492 e. The van der Waals surface area contributed by atoms with E-state index in [0.29, 0.717) is 10.7 Å². The molecule has 0 aliphatic carbocycles. The van der Waals surface area contributed by atoms with Gasteiger partial charge in [-0.05, 0) is 24.3 Å². The van der Waals surface area contributed by atoms with Crippen LogP contribution in [0.2, 0.25) is 5.02 Å². The van der Waals surface area contributed by atoms with Gasteiger partial charge >= 0.3 is 7.60 Å². The molecule has 0 spiro atoms. The highest BCUT2D eigenvalue weighted by molar-refractivity contribution is 7.60. The maximum atomic E-state index is 11.0. The molecule has 0 fully saturated rings. The topological polar surface area (TPSA) is 95.6 Å². The predicted octanol–water partition coefficient (Wildman–Crippen LogP) is 1.03. The Morgan fingerprint density at radius 1 is 1.24 bits per heavy atom. The second-order valence-electron chi connectivity index (χ2n) is 3.30. The first-order valence-corrected chi connectivity index (χ1v) is 6.47. The minimum atomic E-state index is -4.52. The highest BCUT2D eigenvalue weighted by atomic mass is 35.5. The average molecular weight is 275 g/mol. The van der Waals surface area contributed by atoms with Gasteiger partial charge in [0.25, 0.3) is 0 Å². The van der Waals surface area contributed by atoms with Gasteiger partial charge in [-0.2, -0.15) is 0 Å². The maximum absolute atomic E-state index is 11.0. The normalized spacial score (nSPS) is 11.7. The van der Waals surface area contributed by atoms with Crippen LogP contribution in [0.1, 0.15) is 0 Å². The van der Waals surface area contributed by atoms with Gasteiger partial charge in [-0.15, -0.1) is 5.10 Å². The minimum absolute atomic E-state index is 0.507. The molecule has 1 aromatic heterocycles. The van der Waals surface area contributed by atoms with Crippen molar-refractivity contribution in [1.29, 1.82) is 0 Å². The summed E-state index contributed by atoms with van der Waals surface area (Å²) >= 11 is 5.70. The quantitative estimate of drug-likeness (QED) is 0.711. The van der Waals surface area contributed by atoms with Crippen molar-refractivity contribution < 1.29 is 19.5 Å². The van der Waals surface area contributed by atoms with Gasteiger partial charge in [0.2, 0.25) is 5.88 Å². The first-order chi connectivity index (χ1) is 7.88. The van der Waals surface area contributed by atoms with Crippen LogP contribution in [-0.4, -0.2) is 24.7 Å². The van der Waals surface area contributed by atoms with E-state index < -0.39 is 18.8 Å². The summed E-state index contributed by atoms with van der Waals surface area (Å²) in [7, 11) is -4.52. The van der Waals surface area contributed by atoms with Gasteiger partial charge in [0.05, 0.1) is 11.9 Å². The molecule has 3 N–H and O–H groups in total. The number of hydrogen-bond acceptors (Lipinski definition) is 3. The molecule has 6 nitrogen and oxygen atoms in total. The van der Waals surface area contributed by atoms with Crippen LogP contribution in [-0.2, 0) is 4.57 Å². The molecule has 0 atom stereocenters. The Balaban J connectivity index is 2.48. The number of hydrogen-bond donors (Lipinski definition) is 3. The van der Waals surface area contributed by atoms with Gasteiger partial charge in [-0.25, -0.2) is 4.68 Å². The number of nitrogens with zero attached hydrogens (tertiary/aromatic N) is 2. The molecule has 8 heteroatoms. The van der Waals surface area contributed by atoms with Crippen LogP contribution < -0.4 is 5.30 Å². The second kappa shape index (κ2) is 4.16. The number of benzene rings is 1. The Hall–Kier alpha value is -1.33. The first-order valence-electron chi connectivity index (χ1n) is 4.48. The third-order valence-electron chi connectivity index (χ3n) is 2.08. The van der Waals surface area contributed by atoms with E-state index in [1.165, 1.54) is 4.68 Å². The summed E-state index contributed by atoms with van der Waals surface area (Å²) in [5, 5.41) is 13.0. The molecule has 2 rings (SSSR count). The van der Waals surface area contributed by atoms with Crippen LogP contribution in [0.15, 0.2) is 30.5 Å². The molecule has 0 amide bonds. The van der Waals surface area contributed by atoms with Gasteiger partial charge in [-0.3, -0.25) is 4.57 Å². The number of aromatic nitrogens is 2. The molecule has 0 bridgehead atoms. The summed E-state index contributed by atoms with van der Waals surface area (Å²) in [6.45, 7) is 0. The third kappa shape index (κ3) is 2.50.